The van der Waals surface area contributed by atoms with Crippen LogP contribution in [0.5, 0.6) is 0 Å². The predicted octanol–water partition coefficient (Wildman–Crippen LogP) is -0.391. The van der Waals surface area contributed by atoms with Gasteiger partial charge in [-0.3, -0.25) is 0 Å². The van der Waals surface area contributed by atoms with Gasteiger partial charge in [0.05, 0.1) is 12.2 Å². The van der Waals surface area contributed by atoms with Crippen LogP contribution in [-0.2, 0) is 0 Å². The van der Waals surface area contributed by atoms with Crippen LogP contribution < -0.4 is 5.73 Å². The van der Waals surface area contributed by atoms with Crippen LogP contribution in [0, 0.1) is 0 Å². The molecule has 10 heavy (non-hydrogen) atoms. The molecule has 60 valence electrons. The van der Waals surface area contributed by atoms with E-state index >= 15 is 0 Å². The molecule has 1 aliphatic carbocycles. The minimum absolute atomic E-state index is 0.225. The molecule has 0 bridgehead atoms. The Morgan fingerprint density at radius 2 is 1.70 bits per heavy atom. The highest BCUT2D eigenvalue weighted by molar-refractivity contribution is 4.81. The van der Waals surface area contributed by atoms with Gasteiger partial charge in [-0.1, -0.05) is 12.8 Å². The van der Waals surface area contributed by atoms with Gasteiger partial charge in [0, 0.05) is 6.04 Å². The van der Waals surface area contributed by atoms with Crippen LogP contribution in [-0.4, -0.2) is 28.5 Å². The molecular formula is C7H15NO2. The van der Waals surface area contributed by atoms with E-state index in [0.717, 1.165) is 19.3 Å². The summed E-state index contributed by atoms with van der Waals surface area (Å²) >= 11 is 0. The monoisotopic (exact) mass is 145 g/mol. The zero-order valence-electron chi connectivity index (χ0n) is 6.03. The molecule has 1 fully saturated rings. The first-order valence-electron chi connectivity index (χ1n) is 3.83. The fourth-order valence-corrected chi connectivity index (χ4v) is 1.36. The Morgan fingerprint density at radius 3 is 2.40 bits per heavy atom. The Balaban J connectivity index is 2.46. The lowest BCUT2D eigenvalue weighted by atomic mass is 10.1. The normalized spacial score (nSPS) is 42.9. The summed E-state index contributed by atoms with van der Waals surface area (Å²) < 4.78 is 0. The number of hydrogen-bond acceptors (Lipinski definition) is 3. The van der Waals surface area contributed by atoms with Crippen LogP contribution >= 0.6 is 0 Å². The lowest BCUT2D eigenvalue weighted by Gasteiger charge is -2.19. The standard InChI is InChI=1S/C7H15NO2/c8-5-3-1-2-4-6(9)7(5)10/h5-7,9-10H,1-4,8H2. The molecule has 0 aromatic rings. The van der Waals surface area contributed by atoms with Crippen LogP contribution in [0.2, 0.25) is 0 Å². The average molecular weight is 145 g/mol. The van der Waals surface area contributed by atoms with Crippen LogP contribution in [0.25, 0.3) is 0 Å². The van der Waals surface area contributed by atoms with Crippen LogP contribution in [0.3, 0.4) is 0 Å². The average Bonchev–Trinajstić information content (AvgIpc) is 2.04. The molecular weight excluding hydrogens is 130 g/mol. The van der Waals surface area contributed by atoms with Gasteiger partial charge in [0.15, 0.2) is 0 Å². The maximum atomic E-state index is 9.25. The first-order valence-corrected chi connectivity index (χ1v) is 3.83. The summed E-state index contributed by atoms with van der Waals surface area (Å²) in [5.41, 5.74) is 5.56. The lowest BCUT2D eigenvalue weighted by molar-refractivity contribution is 0.00575. The Kier molecular flexibility index (Phi) is 2.65. The second-order valence-electron chi connectivity index (χ2n) is 3.01. The van der Waals surface area contributed by atoms with Crippen molar-refractivity contribution in [2.75, 3.05) is 0 Å². The third-order valence-corrected chi connectivity index (χ3v) is 2.12. The summed E-state index contributed by atoms with van der Waals surface area (Å²) in [6.45, 7) is 0. The number of hydrogen-bond donors (Lipinski definition) is 3. The molecule has 0 aliphatic heterocycles. The highest BCUT2D eigenvalue weighted by atomic mass is 16.3. The summed E-state index contributed by atoms with van der Waals surface area (Å²) in [4.78, 5) is 0. The first-order chi connectivity index (χ1) is 4.72. The molecule has 1 saturated carbocycles. The number of aliphatic hydroxyl groups excluding tert-OH is 2. The highest BCUT2D eigenvalue weighted by Gasteiger charge is 2.25. The van der Waals surface area contributed by atoms with Gasteiger partial charge in [-0.25, -0.2) is 0 Å². The smallest absolute Gasteiger partial charge is 0.0949 e. The molecule has 0 amide bonds. The minimum Gasteiger partial charge on any atom is -0.390 e. The molecule has 1 rings (SSSR count). The largest absolute Gasteiger partial charge is 0.390 e. The van der Waals surface area contributed by atoms with Crippen molar-refractivity contribution in [2.45, 2.75) is 43.9 Å². The van der Waals surface area contributed by atoms with E-state index in [4.69, 9.17) is 5.73 Å². The van der Waals surface area contributed by atoms with E-state index in [1.165, 1.54) is 0 Å². The van der Waals surface area contributed by atoms with Crippen molar-refractivity contribution in [3.63, 3.8) is 0 Å². The van der Waals surface area contributed by atoms with Crippen molar-refractivity contribution >= 4 is 0 Å². The molecule has 0 spiro atoms. The van der Waals surface area contributed by atoms with Crippen LogP contribution in [0.4, 0.5) is 0 Å². The molecule has 0 aromatic carbocycles. The maximum absolute atomic E-state index is 9.25. The quantitative estimate of drug-likeness (QED) is 0.407. The fourth-order valence-electron chi connectivity index (χ4n) is 1.36. The Hall–Kier alpha value is -0.120. The third-order valence-electron chi connectivity index (χ3n) is 2.12. The number of nitrogens with two attached hydrogens (primary N) is 1. The van der Waals surface area contributed by atoms with Gasteiger partial charge < -0.3 is 15.9 Å². The zero-order chi connectivity index (χ0) is 7.56. The first kappa shape index (κ1) is 7.98. The molecule has 3 heteroatoms. The summed E-state index contributed by atoms with van der Waals surface area (Å²) in [6.07, 6.45) is 2.22. The molecule has 0 aromatic heterocycles. The van der Waals surface area contributed by atoms with Crippen molar-refractivity contribution in [3.8, 4) is 0 Å². The second-order valence-corrected chi connectivity index (χ2v) is 3.01. The van der Waals surface area contributed by atoms with Gasteiger partial charge in [-0.05, 0) is 12.8 Å². The Morgan fingerprint density at radius 1 is 1.10 bits per heavy atom. The zero-order valence-corrected chi connectivity index (χ0v) is 6.03. The summed E-state index contributed by atoms with van der Waals surface area (Å²) in [6, 6.07) is -0.225. The van der Waals surface area contributed by atoms with Gasteiger partial charge in [-0.2, -0.15) is 0 Å². The summed E-state index contributed by atoms with van der Waals surface area (Å²) in [5, 5.41) is 18.4. The van der Waals surface area contributed by atoms with Crippen molar-refractivity contribution in [1.29, 1.82) is 0 Å². The van der Waals surface area contributed by atoms with Gasteiger partial charge in [0.1, 0.15) is 0 Å². The molecule has 0 heterocycles. The van der Waals surface area contributed by atoms with Gasteiger partial charge >= 0.3 is 0 Å². The van der Waals surface area contributed by atoms with E-state index in [1.807, 2.05) is 0 Å². The molecule has 3 atom stereocenters. The summed E-state index contributed by atoms with van der Waals surface area (Å²) in [5.74, 6) is 0. The van der Waals surface area contributed by atoms with Crippen molar-refractivity contribution in [2.24, 2.45) is 5.73 Å². The second kappa shape index (κ2) is 3.32. The highest BCUT2D eigenvalue weighted by Crippen LogP contribution is 2.16. The molecule has 4 N–H and O–H groups in total. The Labute approximate surface area is 60.9 Å². The van der Waals surface area contributed by atoms with Gasteiger partial charge in [0.25, 0.3) is 0 Å². The van der Waals surface area contributed by atoms with Gasteiger partial charge in [-0.15, -0.1) is 0 Å². The third kappa shape index (κ3) is 1.68. The van der Waals surface area contributed by atoms with Crippen molar-refractivity contribution in [1.82, 2.24) is 0 Å². The Bertz CT molecular complexity index is 95.8. The SMILES string of the molecule is NC1CCCCC(O)C1O. The molecule has 0 saturated heterocycles. The van der Waals surface area contributed by atoms with Crippen LogP contribution in [0.1, 0.15) is 25.7 Å². The van der Waals surface area contributed by atoms with Crippen molar-refractivity contribution < 1.29 is 10.2 Å². The minimum atomic E-state index is -0.706. The van der Waals surface area contributed by atoms with E-state index < -0.39 is 12.2 Å². The molecule has 0 radical (unpaired) electrons. The topological polar surface area (TPSA) is 66.5 Å². The maximum Gasteiger partial charge on any atom is 0.0949 e. The van der Waals surface area contributed by atoms with E-state index in [1.54, 1.807) is 0 Å². The summed E-state index contributed by atoms with van der Waals surface area (Å²) in [7, 11) is 0. The van der Waals surface area contributed by atoms with E-state index in [-0.39, 0.29) is 6.04 Å². The molecule has 3 nitrogen and oxygen atoms in total. The van der Waals surface area contributed by atoms with E-state index in [9.17, 15) is 10.2 Å². The van der Waals surface area contributed by atoms with Crippen LogP contribution in [0.15, 0.2) is 0 Å². The van der Waals surface area contributed by atoms with Gasteiger partial charge in [0.2, 0.25) is 0 Å². The number of rotatable bonds is 0. The van der Waals surface area contributed by atoms with E-state index in [2.05, 4.69) is 0 Å². The fraction of sp³-hybridized carbons (Fsp3) is 1.00. The molecule has 3 unspecified atom stereocenters. The van der Waals surface area contributed by atoms with E-state index in [0.29, 0.717) is 6.42 Å². The molecule has 1 aliphatic rings. The lowest BCUT2D eigenvalue weighted by Crippen LogP contribution is -2.41. The van der Waals surface area contributed by atoms with Crippen molar-refractivity contribution in [3.05, 3.63) is 0 Å². The number of aliphatic hydroxyl groups is 2. The predicted molar refractivity (Wildman–Crippen MR) is 38.5 cm³/mol.